The van der Waals surface area contributed by atoms with Crippen molar-refractivity contribution < 1.29 is 13.9 Å². The van der Waals surface area contributed by atoms with E-state index >= 15 is 0 Å². The number of carbonyl (C=O) groups is 1. The van der Waals surface area contributed by atoms with Crippen molar-refractivity contribution in [2.45, 2.75) is 26.2 Å². The van der Waals surface area contributed by atoms with Crippen molar-refractivity contribution in [2.24, 2.45) is 0 Å². The SMILES string of the molecule is CCCCc1c(OC(=O)c2ccccc2)c2ccccc2oc1=O. The summed E-state index contributed by atoms with van der Waals surface area (Å²) in [6, 6.07) is 15.8. The zero-order valence-electron chi connectivity index (χ0n) is 13.5. The highest BCUT2D eigenvalue weighted by Crippen LogP contribution is 2.29. The molecule has 4 nitrogen and oxygen atoms in total. The Balaban J connectivity index is 2.09. The van der Waals surface area contributed by atoms with Crippen molar-refractivity contribution in [3.8, 4) is 5.75 Å². The fraction of sp³-hybridized carbons (Fsp3) is 0.200. The summed E-state index contributed by atoms with van der Waals surface area (Å²) < 4.78 is 11.0. The third-order valence-electron chi connectivity index (χ3n) is 3.84. The van der Waals surface area contributed by atoms with Crippen molar-refractivity contribution in [3.63, 3.8) is 0 Å². The van der Waals surface area contributed by atoms with Crippen LogP contribution in [0.3, 0.4) is 0 Å². The summed E-state index contributed by atoms with van der Waals surface area (Å²) in [7, 11) is 0. The number of unbranched alkanes of at least 4 members (excludes halogenated alkanes) is 1. The standard InChI is InChI=1S/C20H18O4/c1-2-3-11-16-18(24-19(21)14-9-5-4-6-10-14)15-12-7-8-13-17(15)23-20(16)22/h4-10,12-13H,2-3,11H2,1H3. The molecule has 0 radical (unpaired) electrons. The molecule has 3 rings (SSSR count). The molecule has 1 aromatic heterocycles. The van der Waals surface area contributed by atoms with Gasteiger partial charge < -0.3 is 9.15 Å². The van der Waals surface area contributed by atoms with Crippen LogP contribution in [0.25, 0.3) is 11.0 Å². The molecule has 0 fully saturated rings. The molecule has 0 aliphatic heterocycles. The number of hydrogen-bond donors (Lipinski definition) is 0. The third kappa shape index (κ3) is 3.23. The normalized spacial score (nSPS) is 10.7. The Bertz CT molecular complexity index is 910. The van der Waals surface area contributed by atoms with Gasteiger partial charge in [-0.1, -0.05) is 43.7 Å². The van der Waals surface area contributed by atoms with Crippen LogP contribution in [-0.4, -0.2) is 5.97 Å². The van der Waals surface area contributed by atoms with E-state index in [1.165, 1.54) is 0 Å². The molecule has 4 heteroatoms. The molecule has 3 aromatic rings. The Labute approximate surface area is 139 Å². The van der Waals surface area contributed by atoms with Gasteiger partial charge in [0.15, 0.2) is 5.75 Å². The Morgan fingerprint density at radius 3 is 2.50 bits per heavy atom. The van der Waals surface area contributed by atoms with Gasteiger partial charge >= 0.3 is 11.6 Å². The summed E-state index contributed by atoms with van der Waals surface area (Å²) in [5.74, 6) is -0.173. The van der Waals surface area contributed by atoms with Gasteiger partial charge in [-0.2, -0.15) is 0 Å². The zero-order valence-corrected chi connectivity index (χ0v) is 13.5. The summed E-state index contributed by atoms with van der Waals surface area (Å²) in [6.45, 7) is 2.04. The minimum absolute atomic E-state index is 0.309. The molecule has 0 aliphatic carbocycles. The molecular formula is C20H18O4. The number of para-hydroxylation sites is 1. The second kappa shape index (κ2) is 7.13. The summed E-state index contributed by atoms with van der Waals surface area (Å²) in [4.78, 5) is 24.8. The van der Waals surface area contributed by atoms with Gasteiger partial charge in [0.1, 0.15) is 5.58 Å². The smallest absolute Gasteiger partial charge is 0.343 e. The summed E-state index contributed by atoms with van der Waals surface area (Å²) in [5.41, 5.74) is 0.827. The Hall–Kier alpha value is -2.88. The largest absolute Gasteiger partial charge is 0.422 e. The molecular weight excluding hydrogens is 304 g/mol. The summed E-state index contributed by atoms with van der Waals surface area (Å²) >= 11 is 0. The van der Waals surface area contributed by atoms with Gasteiger partial charge in [0.2, 0.25) is 0 Å². The van der Waals surface area contributed by atoms with Crippen LogP contribution in [-0.2, 0) is 6.42 Å². The fourth-order valence-electron chi connectivity index (χ4n) is 2.57. The van der Waals surface area contributed by atoms with Crippen LogP contribution in [0.1, 0.15) is 35.7 Å². The minimum atomic E-state index is -0.482. The molecule has 0 amide bonds. The van der Waals surface area contributed by atoms with Crippen LogP contribution in [0.15, 0.2) is 63.8 Å². The number of rotatable bonds is 5. The van der Waals surface area contributed by atoms with Crippen LogP contribution in [0.2, 0.25) is 0 Å². The first-order valence-corrected chi connectivity index (χ1v) is 8.02. The van der Waals surface area contributed by atoms with E-state index < -0.39 is 11.6 Å². The van der Waals surface area contributed by atoms with Gasteiger partial charge in [-0.25, -0.2) is 9.59 Å². The third-order valence-corrected chi connectivity index (χ3v) is 3.84. The van der Waals surface area contributed by atoms with E-state index in [0.29, 0.717) is 34.3 Å². The average Bonchev–Trinajstić information content (AvgIpc) is 2.62. The summed E-state index contributed by atoms with van der Waals surface area (Å²) in [6.07, 6.45) is 2.26. The molecule has 24 heavy (non-hydrogen) atoms. The predicted molar refractivity (Wildman–Crippen MR) is 92.5 cm³/mol. The van der Waals surface area contributed by atoms with Crippen molar-refractivity contribution in [3.05, 3.63) is 76.1 Å². The lowest BCUT2D eigenvalue weighted by Gasteiger charge is -2.11. The molecule has 0 aliphatic rings. The maximum Gasteiger partial charge on any atom is 0.343 e. The number of hydrogen-bond acceptors (Lipinski definition) is 4. The van der Waals surface area contributed by atoms with E-state index in [0.717, 1.165) is 12.8 Å². The highest BCUT2D eigenvalue weighted by Gasteiger charge is 2.19. The first-order valence-electron chi connectivity index (χ1n) is 8.02. The predicted octanol–water partition coefficient (Wildman–Crippen LogP) is 4.35. The number of ether oxygens (including phenoxy) is 1. The van der Waals surface area contributed by atoms with Crippen LogP contribution >= 0.6 is 0 Å². The van der Waals surface area contributed by atoms with E-state index in [4.69, 9.17) is 9.15 Å². The highest BCUT2D eigenvalue weighted by atomic mass is 16.5. The molecule has 0 N–H and O–H groups in total. The van der Waals surface area contributed by atoms with Gasteiger partial charge in [-0.15, -0.1) is 0 Å². The average molecular weight is 322 g/mol. The maximum atomic E-state index is 12.4. The molecule has 0 atom stereocenters. The molecule has 0 saturated heterocycles. The van der Waals surface area contributed by atoms with E-state index in [2.05, 4.69) is 0 Å². The van der Waals surface area contributed by atoms with E-state index in [9.17, 15) is 9.59 Å². The molecule has 0 spiro atoms. The number of fused-ring (bicyclic) bond motifs is 1. The lowest BCUT2D eigenvalue weighted by Crippen LogP contribution is -2.15. The van der Waals surface area contributed by atoms with Crippen molar-refractivity contribution in [1.82, 2.24) is 0 Å². The van der Waals surface area contributed by atoms with Gasteiger partial charge in [0, 0.05) is 0 Å². The fourth-order valence-corrected chi connectivity index (χ4v) is 2.57. The second-order valence-electron chi connectivity index (χ2n) is 5.55. The molecule has 0 saturated carbocycles. The van der Waals surface area contributed by atoms with Crippen molar-refractivity contribution in [2.75, 3.05) is 0 Å². The quantitative estimate of drug-likeness (QED) is 0.517. The number of benzene rings is 2. The molecule has 122 valence electrons. The lowest BCUT2D eigenvalue weighted by molar-refractivity contribution is 0.0734. The van der Waals surface area contributed by atoms with Gasteiger partial charge in [-0.3, -0.25) is 0 Å². The van der Waals surface area contributed by atoms with Crippen LogP contribution in [0.5, 0.6) is 5.75 Å². The van der Waals surface area contributed by atoms with Crippen LogP contribution in [0, 0.1) is 0 Å². The van der Waals surface area contributed by atoms with E-state index in [-0.39, 0.29) is 0 Å². The maximum absolute atomic E-state index is 12.4. The molecule has 0 bridgehead atoms. The van der Waals surface area contributed by atoms with Gasteiger partial charge in [-0.05, 0) is 37.1 Å². The zero-order chi connectivity index (χ0) is 16.9. The van der Waals surface area contributed by atoms with Crippen LogP contribution in [0.4, 0.5) is 0 Å². The van der Waals surface area contributed by atoms with E-state index in [1.807, 2.05) is 19.1 Å². The van der Waals surface area contributed by atoms with E-state index in [1.54, 1.807) is 42.5 Å². The van der Waals surface area contributed by atoms with Gasteiger partial charge in [0.05, 0.1) is 16.5 Å². The Kier molecular flexibility index (Phi) is 4.75. The first kappa shape index (κ1) is 16.0. The topological polar surface area (TPSA) is 56.5 Å². The number of esters is 1. The molecule has 2 aromatic carbocycles. The lowest BCUT2D eigenvalue weighted by atomic mass is 10.1. The second-order valence-corrected chi connectivity index (χ2v) is 5.55. The number of carbonyl (C=O) groups excluding carboxylic acids is 1. The van der Waals surface area contributed by atoms with Gasteiger partial charge in [0.25, 0.3) is 0 Å². The van der Waals surface area contributed by atoms with Crippen LogP contribution < -0.4 is 10.4 Å². The first-order chi connectivity index (χ1) is 11.7. The van der Waals surface area contributed by atoms with Crippen molar-refractivity contribution >= 4 is 16.9 Å². The van der Waals surface area contributed by atoms with Crippen molar-refractivity contribution in [1.29, 1.82) is 0 Å². The molecule has 1 heterocycles. The molecule has 0 unspecified atom stereocenters. The summed E-state index contributed by atoms with van der Waals surface area (Å²) in [5, 5.41) is 0.632. The minimum Gasteiger partial charge on any atom is -0.422 e. The Morgan fingerprint density at radius 2 is 1.75 bits per heavy atom. The monoisotopic (exact) mass is 322 g/mol. The Morgan fingerprint density at radius 1 is 1.04 bits per heavy atom. The highest BCUT2D eigenvalue weighted by molar-refractivity contribution is 5.94.